The number of aryl methyl sites for hydroxylation is 2. The Balaban J connectivity index is 1.82. The van der Waals surface area contributed by atoms with Gasteiger partial charge in [-0.15, -0.1) is 0 Å². The largest absolute Gasteiger partial charge is 0.289 e. The molecule has 1 aliphatic rings. The fourth-order valence-electron chi connectivity index (χ4n) is 2.71. The fraction of sp³-hybridized carbons (Fsp3) is 0.190. The van der Waals surface area contributed by atoms with E-state index in [1.54, 1.807) is 0 Å². The van der Waals surface area contributed by atoms with Crippen molar-refractivity contribution in [1.29, 1.82) is 0 Å². The lowest BCUT2D eigenvalue weighted by atomic mass is 10.1. The summed E-state index contributed by atoms with van der Waals surface area (Å²) >= 11 is 0. The van der Waals surface area contributed by atoms with E-state index in [0.717, 1.165) is 35.1 Å². The first-order valence-corrected chi connectivity index (χ1v) is 7.71. The molecule has 0 spiro atoms. The van der Waals surface area contributed by atoms with Crippen LogP contribution in [0.2, 0.25) is 0 Å². The summed E-state index contributed by atoms with van der Waals surface area (Å²) in [6, 6.07) is 16.6. The van der Waals surface area contributed by atoms with E-state index < -0.39 is 0 Å². The molecule has 0 aliphatic heterocycles. The van der Waals surface area contributed by atoms with Crippen molar-refractivity contribution in [3.05, 3.63) is 81.9 Å². The Kier molecular flexibility index (Phi) is 4.06. The summed E-state index contributed by atoms with van der Waals surface area (Å²) in [5, 5.41) is 0. The zero-order valence-electron chi connectivity index (χ0n) is 13.1. The number of Topliss-reactive ketones (excluding diaryl/α,β-unsaturated/α-hetero) is 1. The molecule has 2 aromatic carbocycles. The van der Waals surface area contributed by atoms with Gasteiger partial charge >= 0.3 is 0 Å². The van der Waals surface area contributed by atoms with Gasteiger partial charge in [0.15, 0.2) is 5.78 Å². The molecule has 0 N–H and O–H groups in total. The number of hydrogen-bond donors (Lipinski definition) is 0. The summed E-state index contributed by atoms with van der Waals surface area (Å²) in [7, 11) is 0. The molecule has 0 heterocycles. The first-order valence-electron chi connectivity index (χ1n) is 7.71. The summed E-state index contributed by atoms with van der Waals surface area (Å²) in [5.41, 5.74) is 6.51. The van der Waals surface area contributed by atoms with Crippen molar-refractivity contribution in [1.82, 2.24) is 0 Å². The molecule has 0 bridgehead atoms. The minimum absolute atomic E-state index is 0.196. The van der Waals surface area contributed by atoms with Crippen molar-refractivity contribution in [3.63, 3.8) is 0 Å². The van der Waals surface area contributed by atoms with Crippen LogP contribution in [0.5, 0.6) is 0 Å². The highest BCUT2D eigenvalue weighted by Crippen LogP contribution is 2.29. The first kappa shape index (κ1) is 14.5. The highest BCUT2D eigenvalue weighted by atomic mass is 16.1. The quantitative estimate of drug-likeness (QED) is 0.700. The van der Waals surface area contributed by atoms with Gasteiger partial charge in [0.1, 0.15) is 0 Å². The summed E-state index contributed by atoms with van der Waals surface area (Å²) < 4.78 is 0. The Morgan fingerprint density at radius 2 is 1.05 bits per heavy atom. The molecular weight excluding hydrogens is 268 g/mol. The summed E-state index contributed by atoms with van der Waals surface area (Å²) in [4.78, 5) is 12.5. The smallest absolute Gasteiger partial charge is 0.185 e. The average molecular weight is 288 g/mol. The number of rotatable bonds is 2. The number of hydrogen-bond acceptors (Lipinski definition) is 1. The van der Waals surface area contributed by atoms with Gasteiger partial charge in [0.05, 0.1) is 0 Å². The van der Waals surface area contributed by atoms with Gasteiger partial charge < -0.3 is 0 Å². The molecule has 0 unspecified atom stereocenters. The van der Waals surface area contributed by atoms with Gasteiger partial charge in [-0.05, 0) is 50.0 Å². The van der Waals surface area contributed by atoms with Crippen molar-refractivity contribution in [3.8, 4) is 0 Å². The molecule has 110 valence electrons. The molecule has 0 aromatic heterocycles. The maximum Gasteiger partial charge on any atom is 0.185 e. The third kappa shape index (κ3) is 3.25. The molecule has 0 saturated heterocycles. The summed E-state index contributed by atoms with van der Waals surface area (Å²) in [6.45, 7) is 4.14. The van der Waals surface area contributed by atoms with Gasteiger partial charge in [0.2, 0.25) is 0 Å². The topological polar surface area (TPSA) is 17.1 Å². The van der Waals surface area contributed by atoms with Crippen LogP contribution in [0.15, 0.2) is 59.7 Å². The average Bonchev–Trinajstić information content (AvgIpc) is 2.85. The van der Waals surface area contributed by atoms with Crippen molar-refractivity contribution in [2.24, 2.45) is 0 Å². The lowest BCUT2D eigenvalue weighted by Gasteiger charge is -1.99. The zero-order chi connectivity index (χ0) is 15.5. The predicted molar refractivity (Wildman–Crippen MR) is 92.6 cm³/mol. The van der Waals surface area contributed by atoms with Crippen LogP contribution < -0.4 is 0 Å². The normalized spacial score (nSPS) is 18.4. The van der Waals surface area contributed by atoms with Crippen molar-refractivity contribution >= 4 is 17.9 Å². The molecule has 22 heavy (non-hydrogen) atoms. The van der Waals surface area contributed by atoms with Crippen LogP contribution in [0, 0.1) is 13.8 Å². The van der Waals surface area contributed by atoms with E-state index >= 15 is 0 Å². The van der Waals surface area contributed by atoms with Crippen molar-refractivity contribution < 1.29 is 4.79 Å². The second-order valence-electron chi connectivity index (χ2n) is 5.99. The highest BCUT2D eigenvalue weighted by molar-refractivity contribution is 6.15. The van der Waals surface area contributed by atoms with Crippen LogP contribution in [-0.2, 0) is 4.79 Å². The molecular formula is C21H20O. The van der Waals surface area contributed by atoms with Crippen LogP contribution in [0.1, 0.15) is 35.1 Å². The fourth-order valence-corrected chi connectivity index (χ4v) is 2.71. The van der Waals surface area contributed by atoms with Gasteiger partial charge in [0.25, 0.3) is 0 Å². The molecule has 3 rings (SSSR count). The first-order chi connectivity index (χ1) is 10.6. The number of carbonyl (C=O) groups is 1. The second-order valence-corrected chi connectivity index (χ2v) is 5.99. The lowest BCUT2D eigenvalue weighted by molar-refractivity contribution is -0.111. The van der Waals surface area contributed by atoms with Gasteiger partial charge in [-0.2, -0.15) is 0 Å². The lowest BCUT2D eigenvalue weighted by Crippen LogP contribution is -1.95. The zero-order valence-corrected chi connectivity index (χ0v) is 13.1. The van der Waals surface area contributed by atoms with E-state index in [1.807, 2.05) is 12.2 Å². The summed E-state index contributed by atoms with van der Waals surface area (Å²) in [5.74, 6) is 0.196. The van der Waals surface area contributed by atoms with Crippen LogP contribution >= 0.6 is 0 Å². The monoisotopic (exact) mass is 288 g/mol. The minimum atomic E-state index is 0.196. The summed E-state index contributed by atoms with van der Waals surface area (Å²) in [6.07, 6.45) is 5.73. The predicted octanol–water partition coefficient (Wildman–Crippen LogP) is 5.13. The SMILES string of the molecule is Cc1ccc(/C=C2\CC/C(=C\c3ccc(C)cc3)C2=O)cc1. The van der Waals surface area contributed by atoms with Gasteiger partial charge in [0, 0.05) is 11.1 Å². The molecule has 0 amide bonds. The Morgan fingerprint density at radius 1 is 0.682 bits per heavy atom. The molecule has 1 fully saturated rings. The molecule has 1 nitrogen and oxygen atoms in total. The maximum atomic E-state index is 12.5. The third-order valence-corrected chi connectivity index (χ3v) is 4.08. The van der Waals surface area contributed by atoms with Crippen LogP contribution in [0.25, 0.3) is 12.2 Å². The van der Waals surface area contributed by atoms with E-state index in [1.165, 1.54) is 11.1 Å². The molecule has 1 aliphatic carbocycles. The minimum Gasteiger partial charge on any atom is -0.289 e. The Morgan fingerprint density at radius 3 is 1.41 bits per heavy atom. The second kappa shape index (κ2) is 6.15. The number of carbonyl (C=O) groups excluding carboxylic acids is 1. The third-order valence-electron chi connectivity index (χ3n) is 4.08. The molecule has 1 saturated carbocycles. The van der Waals surface area contributed by atoms with Gasteiger partial charge in [-0.25, -0.2) is 0 Å². The van der Waals surface area contributed by atoms with Gasteiger partial charge in [-0.1, -0.05) is 59.7 Å². The standard InChI is InChI=1S/C21H20O/c1-15-3-7-17(8-4-15)13-19-11-12-20(21(19)22)14-18-9-5-16(2)6-10-18/h3-10,13-14H,11-12H2,1-2H3/b19-13+,20-14+. The number of allylic oxidation sites excluding steroid dienone is 2. The maximum absolute atomic E-state index is 12.5. The highest BCUT2D eigenvalue weighted by Gasteiger charge is 2.22. The van der Waals surface area contributed by atoms with Crippen LogP contribution in [-0.4, -0.2) is 5.78 Å². The Labute approximate surface area is 132 Å². The van der Waals surface area contributed by atoms with E-state index in [-0.39, 0.29) is 5.78 Å². The van der Waals surface area contributed by atoms with E-state index in [0.29, 0.717) is 0 Å². The van der Waals surface area contributed by atoms with Crippen LogP contribution in [0.4, 0.5) is 0 Å². The van der Waals surface area contributed by atoms with E-state index in [2.05, 4.69) is 62.4 Å². The molecule has 1 heteroatoms. The Hall–Kier alpha value is -2.41. The van der Waals surface area contributed by atoms with Crippen molar-refractivity contribution in [2.45, 2.75) is 26.7 Å². The Bertz CT molecular complexity index is 678. The number of ketones is 1. The van der Waals surface area contributed by atoms with Crippen LogP contribution in [0.3, 0.4) is 0 Å². The van der Waals surface area contributed by atoms with E-state index in [9.17, 15) is 4.79 Å². The molecule has 0 atom stereocenters. The van der Waals surface area contributed by atoms with E-state index in [4.69, 9.17) is 0 Å². The molecule has 2 aromatic rings. The van der Waals surface area contributed by atoms with Gasteiger partial charge in [-0.3, -0.25) is 4.79 Å². The number of benzene rings is 2. The van der Waals surface area contributed by atoms with Crippen molar-refractivity contribution in [2.75, 3.05) is 0 Å². The molecule has 0 radical (unpaired) electrons.